The lowest BCUT2D eigenvalue weighted by Gasteiger charge is -2.10. The molecule has 16 heavy (non-hydrogen) atoms. The topological polar surface area (TPSA) is 26.3 Å². The summed E-state index contributed by atoms with van der Waals surface area (Å²) < 4.78 is 4.55. The van der Waals surface area contributed by atoms with Crippen LogP contribution in [0.1, 0.15) is 19.4 Å². The molecule has 1 rings (SSSR count). The van der Waals surface area contributed by atoms with Crippen molar-refractivity contribution in [1.29, 1.82) is 0 Å². The standard InChI is InChI=1S/C13H15BrO2/c1-13(2,14)12(15)9-6-10-4-7-11(16-3)8-5-10/h4-9H,1-3H3/b9-6+. The number of allylic oxidation sites excluding steroid dienone is 1. The summed E-state index contributed by atoms with van der Waals surface area (Å²) in [6, 6.07) is 7.54. The van der Waals surface area contributed by atoms with Crippen LogP contribution in [0.2, 0.25) is 0 Å². The van der Waals surface area contributed by atoms with Crippen molar-refractivity contribution in [2.24, 2.45) is 0 Å². The van der Waals surface area contributed by atoms with Crippen molar-refractivity contribution < 1.29 is 9.53 Å². The van der Waals surface area contributed by atoms with Crippen LogP contribution in [0.15, 0.2) is 30.3 Å². The fourth-order valence-electron chi connectivity index (χ4n) is 1.09. The molecule has 3 heteroatoms. The van der Waals surface area contributed by atoms with Gasteiger partial charge in [-0.05, 0) is 37.6 Å². The molecule has 0 atom stereocenters. The van der Waals surface area contributed by atoms with Crippen molar-refractivity contribution in [3.8, 4) is 5.75 Å². The lowest BCUT2D eigenvalue weighted by atomic mass is 10.1. The molecule has 0 aliphatic carbocycles. The SMILES string of the molecule is COc1ccc(/C=C/C(=O)C(C)(C)Br)cc1. The Hall–Kier alpha value is -1.09. The molecule has 0 aliphatic rings. The Morgan fingerprint density at radius 3 is 2.31 bits per heavy atom. The summed E-state index contributed by atoms with van der Waals surface area (Å²) >= 11 is 3.32. The van der Waals surface area contributed by atoms with Crippen LogP contribution >= 0.6 is 15.9 Å². The molecule has 0 radical (unpaired) electrons. The fraction of sp³-hybridized carbons (Fsp3) is 0.308. The first-order chi connectivity index (χ1) is 7.43. The van der Waals surface area contributed by atoms with E-state index in [0.29, 0.717) is 0 Å². The molecule has 0 unspecified atom stereocenters. The predicted octanol–water partition coefficient (Wildman–Crippen LogP) is 3.45. The number of methoxy groups -OCH3 is 1. The molecule has 0 saturated carbocycles. The van der Waals surface area contributed by atoms with Crippen LogP contribution in [-0.4, -0.2) is 17.2 Å². The van der Waals surface area contributed by atoms with Crippen LogP contribution in [0.4, 0.5) is 0 Å². The molecule has 2 nitrogen and oxygen atoms in total. The van der Waals surface area contributed by atoms with E-state index in [9.17, 15) is 4.79 Å². The highest BCUT2D eigenvalue weighted by molar-refractivity contribution is 9.10. The number of benzene rings is 1. The molecule has 0 fully saturated rings. The van der Waals surface area contributed by atoms with E-state index in [0.717, 1.165) is 11.3 Å². The van der Waals surface area contributed by atoms with Crippen molar-refractivity contribution in [3.05, 3.63) is 35.9 Å². The van der Waals surface area contributed by atoms with E-state index in [1.54, 1.807) is 19.3 Å². The number of hydrogen-bond donors (Lipinski definition) is 0. The third-order valence-corrected chi connectivity index (χ3v) is 2.52. The highest BCUT2D eigenvalue weighted by atomic mass is 79.9. The molecule has 1 aromatic rings. The molecule has 0 saturated heterocycles. The van der Waals surface area contributed by atoms with E-state index in [1.165, 1.54) is 0 Å². The summed E-state index contributed by atoms with van der Waals surface area (Å²) in [6.07, 6.45) is 3.38. The Balaban J connectivity index is 2.73. The van der Waals surface area contributed by atoms with Crippen molar-refractivity contribution in [2.75, 3.05) is 7.11 Å². The number of halogens is 1. The van der Waals surface area contributed by atoms with Gasteiger partial charge in [-0.25, -0.2) is 0 Å². The zero-order valence-corrected chi connectivity index (χ0v) is 11.2. The normalized spacial score (nSPS) is 11.8. The summed E-state index contributed by atoms with van der Waals surface area (Å²) in [5, 5.41) is 0. The summed E-state index contributed by atoms with van der Waals surface area (Å²) in [7, 11) is 1.63. The minimum absolute atomic E-state index is 0.0447. The molecular weight excluding hydrogens is 268 g/mol. The molecule has 0 amide bonds. The van der Waals surface area contributed by atoms with Crippen LogP contribution in [0.3, 0.4) is 0 Å². The summed E-state index contributed by atoms with van der Waals surface area (Å²) in [4.78, 5) is 11.6. The Morgan fingerprint density at radius 1 is 1.31 bits per heavy atom. The zero-order valence-electron chi connectivity index (χ0n) is 9.66. The molecule has 0 N–H and O–H groups in total. The van der Waals surface area contributed by atoms with Gasteiger partial charge in [0, 0.05) is 0 Å². The van der Waals surface area contributed by atoms with Crippen LogP contribution in [0.5, 0.6) is 5.75 Å². The lowest BCUT2D eigenvalue weighted by Crippen LogP contribution is -2.21. The second kappa shape index (κ2) is 5.30. The number of alkyl halides is 1. The second-order valence-electron chi connectivity index (χ2n) is 3.94. The lowest BCUT2D eigenvalue weighted by molar-refractivity contribution is -0.115. The highest BCUT2D eigenvalue weighted by Crippen LogP contribution is 2.18. The van der Waals surface area contributed by atoms with E-state index >= 15 is 0 Å². The minimum atomic E-state index is -0.504. The number of hydrogen-bond acceptors (Lipinski definition) is 2. The van der Waals surface area contributed by atoms with Gasteiger partial charge in [0.2, 0.25) is 0 Å². The van der Waals surface area contributed by atoms with Crippen molar-refractivity contribution in [2.45, 2.75) is 18.2 Å². The predicted molar refractivity (Wildman–Crippen MR) is 70.0 cm³/mol. The number of carbonyl (C=O) groups is 1. The Kier molecular flexibility index (Phi) is 4.30. The smallest absolute Gasteiger partial charge is 0.171 e. The first kappa shape index (κ1) is 13.0. The molecular formula is C13H15BrO2. The first-order valence-corrected chi connectivity index (χ1v) is 5.78. The van der Waals surface area contributed by atoms with Crippen molar-refractivity contribution in [1.82, 2.24) is 0 Å². The van der Waals surface area contributed by atoms with Gasteiger partial charge >= 0.3 is 0 Å². The molecule has 86 valence electrons. The van der Waals surface area contributed by atoms with Crippen molar-refractivity contribution >= 4 is 27.8 Å². The zero-order chi connectivity index (χ0) is 12.2. The fourth-order valence-corrected chi connectivity index (χ4v) is 1.22. The third-order valence-electron chi connectivity index (χ3n) is 2.13. The monoisotopic (exact) mass is 282 g/mol. The molecule has 1 aromatic carbocycles. The second-order valence-corrected chi connectivity index (χ2v) is 5.93. The Bertz CT molecular complexity index is 385. The summed E-state index contributed by atoms with van der Waals surface area (Å²) in [5.41, 5.74) is 0.978. The number of ketones is 1. The van der Waals surface area contributed by atoms with Crippen LogP contribution in [0, 0.1) is 0 Å². The number of rotatable bonds is 4. The van der Waals surface area contributed by atoms with Gasteiger partial charge in [-0.15, -0.1) is 0 Å². The van der Waals surface area contributed by atoms with Crippen LogP contribution in [-0.2, 0) is 4.79 Å². The van der Waals surface area contributed by atoms with Crippen LogP contribution < -0.4 is 4.74 Å². The van der Waals surface area contributed by atoms with Gasteiger partial charge < -0.3 is 4.74 Å². The number of carbonyl (C=O) groups excluding carboxylic acids is 1. The summed E-state index contributed by atoms with van der Waals surface area (Å²) in [6.45, 7) is 3.65. The number of ether oxygens (including phenoxy) is 1. The van der Waals surface area contributed by atoms with Gasteiger partial charge in [0.1, 0.15) is 5.75 Å². The molecule has 0 heterocycles. The Morgan fingerprint density at radius 2 is 1.88 bits per heavy atom. The molecule has 0 aromatic heterocycles. The van der Waals surface area contributed by atoms with Crippen LogP contribution in [0.25, 0.3) is 6.08 Å². The first-order valence-electron chi connectivity index (χ1n) is 4.99. The van der Waals surface area contributed by atoms with E-state index < -0.39 is 4.32 Å². The minimum Gasteiger partial charge on any atom is -0.497 e. The maximum Gasteiger partial charge on any atom is 0.171 e. The van der Waals surface area contributed by atoms with Gasteiger partial charge in [-0.2, -0.15) is 0 Å². The largest absolute Gasteiger partial charge is 0.497 e. The highest BCUT2D eigenvalue weighted by Gasteiger charge is 2.20. The van der Waals surface area contributed by atoms with Crippen molar-refractivity contribution in [3.63, 3.8) is 0 Å². The van der Waals surface area contributed by atoms with Gasteiger partial charge in [-0.1, -0.05) is 34.1 Å². The Labute approximate surface area is 104 Å². The molecule has 0 spiro atoms. The van der Waals surface area contributed by atoms with Gasteiger partial charge in [0.15, 0.2) is 5.78 Å². The third kappa shape index (κ3) is 3.81. The average molecular weight is 283 g/mol. The van der Waals surface area contributed by atoms with E-state index in [-0.39, 0.29) is 5.78 Å². The van der Waals surface area contributed by atoms with E-state index in [1.807, 2.05) is 38.1 Å². The van der Waals surface area contributed by atoms with Gasteiger partial charge in [0.25, 0.3) is 0 Å². The van der Waals surface area contributed by atoms with E-state index in [2.05, 4.69) is 15.9 Å². The maximum atomic E-state index is 11.6. The van der Waals surface area contributed by atoms with Gasteiger partial charge in [0.05, 0.1) is 11.4 Å². The van der Waals surface area contributed by atoms with E-state index in [4.69, 9.17) is 4.74 Å². The molecule has 0 aliphatic heterocycles. The average Bonchev–Trinajstić information content (AvgIpc) is 2.25. The van der Waals surface area contributed by atoms with Gasteiger partial charge in [-0.3, -0.25) is 4.79 Å². The molecule has 0 bridgehead atoms. The summed E-state index contributed by atoms with van der Waals surface area (Å²) in [5.74, 6) is 0.854. The quantitative estimate of drug-likeness (QED) is 0.625. The maximum absolute atomic E-state index is 11.6.